The van der Waals surface area contributed by atoms with Crippen LogP contribution in [-0.4, -0.2) is 5.97 Å². The number of nitrogen functional groups attached to an aromatic ring is 1. The first kappa shape index (κ1) is 14.8. The van der Waals surface area contributed by atoms with Crippen molar-refractivity contribution < 1.29 is 13.9 Å². The maximum atomic E-state index is 13.5. The van der Waals surface area contributed by atoms with Gasteiger partial charge in [-0.25, -0.2) is 9.18 Å². The Hall–Kier alpha value is -1.59. The number of halogens is 3. The van der Waals surface area contributed by atoms with E-state index in [2.05, 4.69) is 15.9 Å². The third-order valence-corrected chi connectivity index (χ3v) is 3.72. The first-order valence-corrected chi connectivity index (χ1v) is 6.81. The third-order valence-electron chi connectivity index (χ3n) is 2.64. The van der Waals surface area contributed by atoms with E-state index in [9.17, 15) is 9.18 Å². The highest BCUT2D eigenvalue weighted by Crippen LogP contribution is 2.22. The smallest absolute Gasteiger partial charge is 0.338 e. The number of carbonyl (C=O) groups is 1. The van der Waals surface area contributed by atoms with E-state index in [1.54, 1.807) is 12.1 Å². The topological polar surface area (TPSA) is 52.3 Å². The highest BCUT2D eigenvalue weighted by Gasteiger charge is 2.12. The maximum absolute atomic E-state index is 13.5. The molecule has 6 heteroatoms. The summed E-state index contributed by atoms with van der Waals surface area (Å²) in [5, 5.41) is 0.216. The zero-order chi connectivity index (χ0) is 14.7. The van der Waals surface area contributed by atoms with Gasteiger partial charge in [-0.2, -0.15) is 0 Å². The fourth-order valence-electron chi connectivity index (χ4n) is 1.56. The minimum absolute atomic E-state index is 0.146. The summed E-state index contributed by atoms with van der Waals surface area (Å²) >= 11 is 9.08. The van der Waals surface area contributed by atoms with Crippen molar-refractivity contribution in [3.8, 4) is 0 Å². The van der Waals surface area contributed by atoms with Crippen LogP contribution in [0.4, 0.5) is 10.1 Å². The Morgan fingerprint density at radius 3 is 2.75 bits per heavy atom. The normalized spacial score (nSPS) is 10.3. The molecule has 104 valence electrons. The number of rotatable bonds is 3. The van der Waals surface area contributed by atoms with Crippen LogP contribution < -0.4 is 5.73 Å². The molecule has 2 N–H and O–H groups in total. The Labute approximate surface area is 128 Å². The van der Waals surface area contributed by atoms with E-state index < -0.39 is 11.8 Å². The van der Waals surface area contributed by atoms with Crippen LogP contribution in [0.15, 0.2) is 40.9 Å². The third kappa shape index (κ3) is 3.29. The van der Waals surface area contributed by atoms with Gasteiger partial charge in [0, 0.05) is 15.7 Å². The van der Waals surface area contributed by atoms with Gasteiger partial charge in [-0.1, -0.05) is 17.7 Å². The van der Waals surface area contributed by atoms with Gasteiger partial charge in [0.15, 0.2) is 0 Å². The number of ether oxygens (including phenoxy) is 1. The first-order chi connectivity index (χ1) is 9.49. The second-order valence-corrected chi connectivity index (χ2v) is 5.27. The fraction of sp³-hybridized carbons (Fsp3) is 0.0714. The molecule has 0 bridgehead atoms. The summed E-state index contributed by atoms with van der Waals surface area (Å²) in [6, 6.07) is 8.96. The number of hydrogen-bond donors (Lipinski definition) is 1. The summed E-state index contributed by atoms with van der Waals surface area (Å²) in [6.45, 7) is -0.236. The molecule has 0 unspecified atom stereocenters. The fourth-order valence-corrected chi connectivity index (χ4v) is 2.03. The first-order valence-electron chi connectivity index (χ1n) is 5.64. The molecule has 0 aliphatic carbocycles. The molecule has 20 heavy (non-hydrogen) atoms. The number of benzene rings is 2. The van der Waals surface area contributed by atoms with Crippen molar-refractivity contribution in [1.29, 1.82) is 0 Å². The van der Waals surface area contributed by atoms with Gasteiger partial charge in [-0.15, -0.1) is 0 Å². The Bertz CT molecular complexity index is 643. The molecule has 3 nitrogen and oxygen atoms in total. The summed E-state index contributed by atoms with van der Waals surface area (Å²) in [6.07, 6.45) is 0. The van der Waals surface area contributed by atoms with Crippen LogP contribution in [0.2, 0.25) is 5.02 Å². The number of hydrogen-bond acceptors (Lipinski definition) is 3. The molecule has 2 aromatic rings. The van der Waals surface area contributed by atoms with E-state index >= 15 is 0 Å². The molecular weight excluding hydrogens is 349 g/mol. The van der Waals surface area contributed by atoms with Gasteiger partial charge < -0.3 is 10.5 Å². The van der Waals surface area contributed by atoms with Crippen molar-refractivity contribution in [2.24, 2.45) is 0 Å². The maximum Gasteiger partial charge on any atom is 0.338 e. The van der Waals surface area contributed by atoms with Crippen LogP contribution in [0.1, 0.15) is 15.9 Å². The van der Waals surface area contributed by atoms with Gasteiger partial charge in [0.25, 0.3) is 0 Å². The molecule has 0 aliphatic heterocycles. The number of esters is 1. The largest absolute Gasteiger partial charge is 0.457 e. The molecule has 0 atom stereocenters. The Kier molecular flexibility index (Phi) is 4.62. The van der Waals surface area contributed by atoms with Crippen LogP contribution in [0.3, 0.4) is 0 Å². The molecule has 2 aromatic carbocycles. The van der Waals surface area contributed by atoms with Gasteiger partial charge in [-0.05, 0) is 46.3 Å². The standard InChI is InChI=1S/C14H10BrClFNO2/c15-10-5-4-8(6-13(10)18)14(19)20-7-9-11(16)2-1-3-12(9)17/h1-6H,7,18H2. The highest BCUT2D eigenvalue weighted by molar-refractivity contribution is 9.10. The Balaban J connectivity index is 2.11. The van der Waals surface area contributed by atoms with E-state index in [4.69, 9.17) is 22.1 Å². The van der Waals surface area contributed by atoms with E-state index in [0.29, 0.717) is 10.2 Å². The summed E-state index contributed by atoms with van der Waals surface area (Å²) < 4.78 is 19.2. The predicted molar refractivity (Wildman–Crippen MR) is 79.1 cm³/mol. The summed E-state index contributed by atoms with van der Waals surface area (Å²) in [7, 11) is 0. The van der Waals surface area contributed by atoms with Crippen molar-refractivity contribution in [2.75, 3.05) is 5.73 Å². The lowest BCUT2D eigenvalue weighted by Crippen LogP contribution is -2.07. The van der Waals surface area contributed by atoms with Gasteiger partial charge >= 0.3 is 5.97 Å². The Morgan fingerprint density at radius 1 is 1.35 bits per heavy atom. The van der Waals surface area contributed by atoms with Gasteiger partial charge in [-0.3, -0.25) is 0 Å². The van der Waals surface area contributed by atoms with E-state index in [-0.39, 0.29) is 22.8 Å². The SMILES string of the molecule is Nc1cc(C(=O)OCc2c(F)cccc2Cl)ccc1Br. The van der Waals surface area contributed by atoms with Crippen molar-refractivity contribution in [2.45, 2.75) is 6.61 Å². The average molecular weight is 359 g/mol. The van der Waals surface area contributed by atoms with Crippen molar-refractivity contribution in [3.05, 3.63) is 62.8 Å². The van der Waals surface area contributed by atoms with Crippen molar-refractivity contribution >= 4 is 39.2 Å². The molecule has 2 rings (SSSR count). The second kappa shape index (κ2) is 6.24. The summed E-state index contributed by atoms with van der Waals surface area (Å²) in [5.41, 5.74) is 6.53. The predicted octanol–water partition coefficient (Wildman–Crippen LogP) is 4.18. The lowest BCUT2D eigenvalue weighted by Gasteiger charge is -2.08. The lowest BCUT2D eigenvalue weighted by atomic mass is 10.2. The second-order valence-electron chi connectivity index (χ2n) is 4.01. The zero-order valence-corrected chi connectivity index (χ0v) is 12.5. The van der Waals surface area contributed by atoms with E-state index in [0.717, 1.165) is 0 Å². The minimum Gasteiger partial charge on any atom is -0.457 e. The molecule has 0 fully saturated rings. The average Bonchev–Trinajstić information content (AvgIpc) is 2.41. The molecule has 0 amide bonds. The monoisotopic (exact) mass is 357 g/mol. The highest BCUT2D eigenvalue weighted by atomic mass is 79.9. The summed E-state index contributed by atoms with van der Waals surface area (Å²) in [5.74, 6) is -1.11. The molecule has 0 aromatic heterocycles. The van der Waals surface area contributed by atoms with Crippen LogP contribution in [-0.2, 0) is 11.3 Å². The lowest BCUT2D eigenvalue weighted by molar-refractivity contribution is 0.0469. The minimum atomic E-state index is -0.594. The number of nitrogens with two attached hydrogens (primary N) is 1. The summed E-state index contributed by atoms with van der Waals surface area (Å²) in [4.78, 5) is 11.8. The van der Waals surface area contributed by atoms with Crippen molar-refractivity contribution in [1.82, 2.24) is 0 Å². The van der Waals surface area contributed by atoms with Crippen LogP contribution in [0.25, 0.3) is 0 Å². The zero-order valence-electron chi connectivity index (χ0n) is 10.2. The molecular formula is C14H10BrClFNO2. The van der Waals surface area contributed by atoms with Crippen LogP contribution in [0.5, 0.6) is 0 Å². The van der Waals surface area contributed by atoms with Crippen LogP contribution in [0, 0.1) is 5.82 Å². The molecule has 0 heterocycles. The van der Waals surface area contributed by atoms with E-state index in [1.165, 1.54) is 24.3 Å². The number of carbonyl (C=O) groups excluding carboxylic acids is 1. The molecule has 0 radical (unpaired) electrons. The van der Waals surface area contributed by atoms with Crippen LogP contribution >= 0.6 is 27.5 Å². The van der Waals surface area contributed by atoms with Gasteiger partial charge in [0.2, 0.25) is 0 Å². The molecule has 0 saturated heterocycles. The van der Waals surface area contributed by atoms with Gasteiger partial charge in [0.05, 0.1) is 10.6 Å². The number of anilines is 1. The molecule has 0 aliphatic rings. The molecule has 0 saturated carbocycles. The van der Waals surface area contributed by atoms with E-state index in [1.807, 2.05) is 0 Å². The van der Waals surface area contributed by atoms with Crippen molar-refractivity contribution in [3.63, 3.8) is 0 Å². The quantitative estimate of drug-likeness (QED) is 0.661. The van der Waals surface area contributed by atoms with Gasteiger partial charge in [0.1, 0.15) is 12.4 Å². The molecule has 0 spiro atoms. The Morgan fingerprint density at radius 2 is 2.10 bits per heavy atom.